The molecular formula is C16H19N7O2. The van der Waals surface area contributed by atoms with Gasteiger partial charge in [-0.3, -0.25) is 0 Å². The minimum Gasteiger partial charge on any atom is -0.494 e. The van der Waals surface area contributed by atoms with Crippen LogP contribution in [0, 0.1) is 0 Å². The van der Waals surface area contributed by atoms with E-state index < -0.39 is 0 Å². The molecule has 0 aliphatic rings. The molecule has 0 bridgehead atoms. The van der Waals surface area contributed by atoms with Gasteiger partial charge in [0, 0.05) is 11.6 Å². The molecule has 130 valence electrons. The summed E-state index contributed by atoms with van der Waals surface area (Å²) in [5.41, 5.74) is 13.0. The van der Waals surface area contributed by atoms with Gasteiger partial charge < -0.3 is 20.9 Å². The first-order chi connectivity index (χ1) is 12.0. The van der Waals surface area contributed by atoms with Gasteiger partial charge in [-0.25, -0.2) is 14.6 Å². The zero-order valence-electron chi connectivity index (χ0n) is 14.2. The van der Waals surface area contributed by atoms with Crippen LogP contribution < -0.4 is 20.9 Å². The number of nitrogens with two attached hydrogens (primary N) is 2. The lowest BCUT2D eigenvalue weighted by Gasteiger charge is -2.18. The average molecular weight is 341 g/mol. The topological polar surface area (TPSA) is 127 Å². The molecule has 0 saturated carbocycles. The van der Waals surface area contributed by atoms with E-state index in [9.17, 15) is 0 Å². The molecule has 1 aromatic carbocycles. The van der Waals surface area contributed by atoms with Crippen molar-refractivity contribution in [2.45, 2.75) is 19.8 Å². The van der Waals surface area contributed by atoms with E-state index in [-0.39, 0.29) is 17.7 Å². The van der Waals surface area contributed by atoms with Crippen LogP contribution in [0.25, 0.3) is 5.69 Å². The maximum Gasteiger partial charge on any atom is 0.222 e. The third-order valence-corrected chi connectivity index (χ3v) is 3.62. The summed E-state index contributed by atoms with van der Waals surface area (Å²) in [6, 6.07) is 3.73. The summed E-state index contributed by atoms with van der Waals surface area (Å²) >= 11 is 0. The standard InChI is InChI=1S/C16H19N7O2/c1-9(2)10-4-13(24-3)11(23-8-19-7-21-23)5-12(10)25-14-6-20-16(18)22-15(14)17/h4-9H,1-3H3,(H4,17,18,20,22). The fourth-order valence-corrected chi connectivity index (χ4v) is 2.38. The van der Waals surface area contributed by atoms with Crippen molar-refractivity contribution in [1.29, 1.82) is 0 Å². The van der Waals surface area contributed by atoms with Gasteiger partial charge in [0.15, 0.2) is 11.6 Å². The highest BCUT2D eigenvalue weighted by atomic mass is 16.5. The number of hydrogen-bond donors (Lipinski definition) is 2. The summed E-state index contributed by atoms with van der Waals surface area (Å²) in [7, 11) is 1.60. The quantitative estimate of drug-likeness (QED) is 0.722. The molecule has 3 rings (SSSR count). The highest BCUT2D eigenvalue weighted by Gasteiger charge is 2.18. The van der Waals surface area contributed by atoms with Crippen LogP contribution in [0.5, 0.6) is 17.2 Å². The minimum atomic E-state index is 0.0898. The normalized spacial score (nSPS) is 10.9. The van der Waals surface area contributed by atoms with E-state index in [4.69, 9.17) is 20.9 Å². The maximum atomic E-state index is 5.97. The summed E-state index contributed by atoms with van der Waals surface area (Å²) in [4.78, 5) is 11.8. The number of rotatable bonds is 5. The molecule has 4 N–H and O–H groups in total. The first kappa shape index (κ1) is 16.5. The Hall–Kier alpha value is -3.36. The number of aromatic nitrogens is 5. The van der Waals surface area contributed by atoms with Crippen molar-refractivity contribution in [1.82, 2.24) is 24.7 Å². The van der Waals surface area contributed by atoms with Crippen LogP contribution in [0.4, 0.5) is 11.8 Å². The molecule has 0 unspecified atom stereocenters. The molecule has 0 aliphatic heterocycles. The van der Waals surface area contributed by atoms with Crippen LogP contribution in [-0.4, -0.2) is 31.8 Å². The summed E-state index contributed by atoms with van der Waals surface area (Å²) in [5, 5.41) is 4.15. The Labute approximate surface area is 144 Å². The monoisotopic (exact) mass is 341 g/mol. The van der Waals surface area contributed by atoms with E-state index in [1.54, 1.807) is 18.1 Å². The second kappa shape index (κ2) is 6.63. The summed E-state index contributed by atoms with van der Waals surface area (Å²) in [5.74, 6) is 2.02. The zero-order chi connectivity index (χ0) is 18.0. The van der Waals surface area contributed by atoms with Gasteiger partial charge in [0.25, 0.3) is 0 Å². The molecule has 0 amide bonds. The number of methoxy groups -OCH3 is 1. The number of anilines is 2. The summed E-state index contributed by atoms with van der Waals surface area (Å²) in [6.07, 6.45) is 4.47. The van der Waals surface area contributed by atoms with Crippen molar-refractivity contribution in [3.63, 3.8) is 0 Å². The molecule has 0 saturated heterocycles. The second-order valence-corrected chi connectivity index (χ2v) is 5.64. The lowest BCUT2D eigenvalue weighted by molar-refractivity contribution is 0.407. The summed E-state index contributed by atoms with van der Waals surface area (Å²) < 4.78 is 13.1. The molecule has 0 atom stereocenters. The van der Waals surface area contributed by atoms with Gasteiger partial charge >= 0.3 is 0 Å². The van der Waals surface area contributed by atoms with Gasteiger partial charge in [0.05, 0.1) is 13.3 Å². The van der Waals surface area contributed by atoms with E-state index in [1.807, 2.05) is 12.1 Å². The van der Waals surface area contributed by atoms with E-state index in [0.717, 1.165) is 5.56 Å². The molecule has 0 fully saturated rings. The third-order valence-electron chi connectivity index (χ3n) is 3.62. The zero-order valence-corrected chi connectivity index (χ0v) is 14.2. The second-order valence-electron chi connectivity index (χ2n) is 5.64. The fraction of sp³-hybridized carbons (Fsp3) is 0.250. The fourth-order valence-electron chi connectivity index (χ4n) is 2.38. The van der Waals surface area contributed by atoms with Crippen LogP contribution in [-0.2, 0) is 0 Å². The van der Waals surface area contributed by atoms with Crippen LogP contribution in [0.15, 0.2) is 31.0 Å². The SMILES string of the molecule is COc1cc(C(C)C)c(Oc2cnc(N)nc2N)cc1-n1cncn1. The smallest absolute Gasteiger partial charge is 0.222 e. The van der Waals surface area contributed by atoms with Gasteiger partial charge in [0.1, 0.15) is 29.8 Å². The molecule has 0 radical (unpaired) electrons. The Morgan fingerprint density at radius 1 is 1.12 bits per heavy atom. The van der Waals surface area contributed by atoms with E-state index in [0.29, 0.717) is 22.9 Å². The molecule has 0 aliphatic carbocycles. The first-order valence-corrected chi connectivity index (χ1v) is 7.62. The molecular weight excluding hydrogens is 322 g/mol. The molecule has 2 heterocycles. The van der Waals surface area contributed by atoms with Crippen LogP contribution in [0.3, 0.4) is 0 Å². The van der Waals surface area contributed by atoms with Crippen LogP contribution in [0.2, 0.25) is 0 Å². The van der Waals surface area contributed by atoms with Crippen molar-refractivity contribution >= 4 is 11.8 Å². The van der Waals surface area contributed by atoms with Crippen LogP contribution >= 0.6 is 0 Å². The number of benzene rings is 1. The highest BCUT2D eigenvalue weighted by Crippen LogP contribution is 2.38. The Kier molecular flexibility index (Phi) is 4.38. The molecule has 25 heavy (non-hydrogen) atoms. The van der Waals surface area contributed by atoms with Gasteiger partial charge in [-0.2, -0.15) is 10.1 Å². The average Bonchev–Trinajstić information content (AvgIpc) is 3.11. The van der Waals surface area contributed by atoms with E-state index >= 15 is 0 Å². The molecule has 2 aromatic heterocycles. The Bertz CT molecular complexity index is 878. The van der Waals surface area contributed by atoms with Crippen molar-refractivity contribution in [3.05, 3.63) is 36.5 Å². The van der Waals surface area contributed by atoms with E-state index in [2.05, 4.69) is 33.9 Å². The molecule has 3 aromatic rings. The largest absolute Gasteiger partial charge is 0.494 e. The lowest BCUT2D eigenvalue weighted by Crippen LogP contribution is -2.05. The first-order valence-electron chi connectivity index (χ1n) is 7.62. The molecule has 9 heteroatoms. The van der Waals surface area contributed by atoms with Gasteiger partial charge in [-0.05, 0) is 12.0 Å². The third kappa shape index (κ3) is 3.30. The Morgan fingerprint density at radius 3 is 2.52 bits per heavy atom. The van der Waals surface area contributed by atoms with Gasteiger partial charge in [0.2, 0.25) is 5.95 Å². The highest BCUT2D eigenvalue weighted by molar-refractivity contribution is 5.58. The number of hydrogen-bond acceptors (Lipinski definition) is 8. The molecule has 0 spiro atoms. The number of nitrogens with zero attached hydrogens (tertiary/aromatic N) is 5. The van der Waals surface area contributed by atoms with Crippen molar-refractivity contribution in [2.24, 2.45) is 0 Å². The predicted molar refractivity (Wildman–Crippen MR) is 92.9 cm³/mol. The van der Waals surface area contributed by atoms with Crippen LogP contribution in [0.1, 0.15) is 25.3 Å². The minimum absolute atomic E-state index is 0.0898. The summed E-state index contributed by atoms with van der Waals surface area (Å²) in [6.45, 7) is 4.11. The van der Waals surface area contributed by atoms with Crippen molar-refractivity contribution < 1.29 is 9.47 Å². The number of nitrogen functional groups attached to an aromatic ring is 2. The van der Waals surface area contributed by atoms with Crippen molar-refractivity contribution in [3.8, 4) is 22.9 Å². The predicted octanol–water partition coefficient (Wildman–Crippen LogP) is 2.15. The van der Waals surface area contributed by atoms with E-state index in [1.165, 1.54) is 12.5 Å². The van der Waals surface area contributed by atoms with Gasteiger partial charge in [-0.1, -0.05) is 13.8 Å². The van der Waals surface area contributed by atoms with Gasteiger partial charge in [-0.15, -0.1) is 0 Å². The number of ether oxygens (including phenoxy) is 2. The van der Waals surface area contributed by atoms with Crippen molar-refractivity contribution in [2.75, 3.05) is 18.6 Å². The Morgan fingerprint density at radius 2 is 1.92 bits per heavy atom. The Balaban J connectivity index is 2.11. The molecule has 9 nitrogen and oxygen atoms in total. The maximum absolute atomic E-state index is 5.97. The lowest BCUT2D eigenvalue weighted by atomic mass is 10.0.